The molecule has 0 bridgehead atoms. The fourth-order valence-corrected chi connectivity index (χ4v) is 2.25. The zero-order valence-corrected chi connectivity index (χ0v) is 10.7. The van der Waals surface area contributed by atoms with Gasteiger partial charge in [0.1, 0.15) is 11.7 Å². The number of ether oxygens (including phenoxy) is 2. The van der Waals surface area contributed by atoms with E-state index in [-0.39, 0.29) is 12.3 Å². The van der Waals surface area contributed by atoms with Crippen molar-refractivity contribution in [3.63, 3.8) is 0 Å². The average Bonchev–Trinajstić information content (AvgIpc) is 2.37. The van der Waals surface area contributed by atoms with Gasteiger partial charge in [-0.3, -0.25) is 4.79 Å². The number of carbonyl (C=O) groups excluding carboxylic acids is 1. The molecule has 0 saturated heterocycles. The second-order valence-electron chi connectivity index (χ2n) is 3.82. The third-order valence-corrected chi connectivity index (χ3v) is 3.13. The number of amides is 1. The van der Waals surface area contributed by atoms with Gasteiger partial charge in [-0.05, 0) is 0 Å². The molecule has 18 heavy (non-hydrogen) atoms. The first-order valence-corrected chi connectivity index (χ1v) is 5.64. The zero-order valence-electron chi connectivity index (χ0n) is 9.91. The lowest BCUT2D eigenvalue weighted by atomic mass is 9.93. The van der Waals surface area contributed by atoms with Crippen LogP contribution >= 0.6 is 11.6 Å². The molecule has 0 saturated carbocycles. The lowest BCUT2D eigenvalue weighted by Crippen LogP contribution is -2.29. The van der Waals surface area contributed by atoms with Gasteiger partial charge in [-0.2, -0.15) is 5.26 Å². The predicted molar refractivity (Wildman–Crippen MR) is 66.0 cm³/mol. The molecule has 1 heterocycles. The molecule has 1 aromatic carbocycles. The molecule has 1 atom stereocenters. The molecule has 1 aliphatic rings. The maximum absolute atomic E-state index is 11.7. The maximum atomic E-state index is 11.7. The third kappa shape index (κ3) is 1.85. The molecule has 1 amide bonds. The molecule has 1 aromatic rings. The van der Waals surface area contributed by atoms with Crippen LogP contribution in [0.3, 0.4) is 0 Å². The van der Waals surface area contributed by atoms with Crippen molar-refractivity contribution in [1.29, 1.82) is 5.26 Å². The van der Waals surface area contributed by atoms with Crippen LogP contribution in [0.4, 0.5) is 5.69 Å². The number of anilines is 1. The Labute approximate surface area is 109 Å². The number of nitriles is 1. The average molecular weight is 267 g/mol. The first-order chi connectivity index (χ1) is 8.62. The summed E-state index contributed by atoms with van der Waals surface area (Å²) in [5.41, 5.74) is 1.21. The van der Waals surface area contributed by atoms with Crippen LogP contribution in [0.1, 0.15) is 5.56 Å². The lowest BCUT2D eigenvalue weighted by molar-refractivity contribution is -0.118. The Balaban J connectivity index is 2.62. The van der Waals surface area contributed by atoms with E-state index in [2.05, 4.69) is 5.32 Å². The van der Waals surface area contributed by atoms with Crippen molar-refractivity contribution in [2.24, 2.45) is 5.92 Å². The third-order valence-electron chi connectivity index (χ3n) is 2.85. The van der Waals surface area contributed by atoms with Crippen molar-refractivity contribution < 1.29 is 14.3 Å². The van der Waals surface area contributed by atoms with Crippen LogP contribution in [0.2, 0.25) is 5.02 Å². The Kier molecular flexibility index (Phi) is 3.30. The minimum Gasteiger partial charge on any atom is -0.496 e. The molecule has 0 aromatic heterocycles. The Morgan fingerprint density at radius 1 is 1.50 bits per heavy atom. The van der Waals surface area contributed by atoms with E-state index in [0.29, 0.717) is 22.2 Å². The second kappa shape index (κ2) is 4.75. The van der Waals surface area contributed by atoms with E-state index in [9.17, 15) is 4.79 Å². The van der Waals surface area contributed by atoms with Crippen LogP contribution in [-0.2, 0) is 11.2 Å². The molecule has 0 aliphatic carbocycles. The number of halogens is 1. The van der Waals surface area contributed by atoms with E-state index >= 15 is 0 Å². The number of carbonyl (C=O) groups is 1. The normalized spacial score (nSPS) is 17.4. The van der Waals surface area contributed by atoms with Crippen molar-refractivity contribution in [2.75, 3.05) is 19.5 Å². The van der Waals surface area contributed by atoms with Crippen LogP contribution < -0.4 is 14.8 Å². The maximum Gasteiger partial charge on any atom is 0.242 e. The largest absolute Gasteiger partial charge is 0.496 e. The highest BCUT2D eigenvalue weighted by molar-refractivity contribution is 6.33. The Morgan fingerprint density at radius 2 is 2.22 bits per heavy atom. The van der Waals surface area contributed by atoms with Crippen molar-refractivity contribution >= 4 is 23.2 Å². The quantitative estimate of drug-likeness (QED) is 0.889. The molecule has 0 fully saturated rings. The van der Waals surface area contributed by atoms with Gasteiger partial charge in [0, 0.05) is 18.1 Å². The van der Waals surface area contributed by atoms with Crippen LogP contribution in [0.5, 0.6) is 11.5 Å². The molecule has 94 valence electrons. The topological polar surface area (TPSA) is 71.3 Å². The van der Waals surface area contributed by atoms with Gasteiger partial charge in [0.25, 0.3) is 0 Å². The minimum absolute atomic E-state index is 0.286. The van der Waals surface area contributed by atoms with Gasteiger partial charge < -0.3 is 14.8 Å². The monoisotopic (exact) mass is 266 g/mol. The SMILES string of the molecule is COc1cc(Cl)c(OC)c2c1CC(C#N)C(=O)N2. The van der Waals surface area contributed by atoms with Crippen LogP contribution in [0.25, 0.3) is 0 Å². The van der Waals surface area contributed by atoms with Crippen molar-refractivity contribution in [3.05, 3.63) is 16.7 Å². The first kappa shape index (κ1) is 12.5. The van der Waals surface area contributed by atoms with Crippen LogP contribution in [0.15, 0.2) is 6.07 Å². The second-order valence-corrected chi connectivity index (χ2v) is 4.23. The fourth-order valence-electron chi connectivity index (χ4n) is 1.98. The number of methoxy groups -OCH3 is 2. The Morgan fingerprint density at radius 3 is 2.78 bits per heavy atom. The first-order valence-electron chi connectivity index (χ1n) is 5.26. The standard InChI is InChI=1S/C12H11ClN2O3/c1-17-9-4-8(13)11(18-2)10-7(9)3-6(5-14)12(16)15-10/h4,6H,3H2,1-2H3,(H,15,16). The number of fused-ring (bicyclic) bond motifs is 1. The molecule has 1 unspecified atom stereocenters. The van der Waals surface area contributed by atoms with Gasteiger partial charge in [-0.25, -0.2) is 0 Å². The summed E-state index contributed by atoms with van der Waals surface area (Å²) in [5, 5.41) is 11.9. The van der Waals surface area contributed by atoms with E-state index in [1.54, 1.807) is 6.07 Å². The molecule has 5 nitrogen and oxygen atoms in total. The van der Waals surface area contributed by atoms with Gasteiger partial charge in [0.2, 0.25) is 5.91 Å². The number of hydrogen-bond acceptors (Lipinski definition) is 4. The summed E-state index contributed by atoms with van der Waals surface area (Å²) < 4.78 is 10.4. The lowest BCUT2D eigenvalue weighted by Gasteiger charge is -2.24. The summed E-state index contributed by atoms with van der Waals surface area (Å²) in [6.45, 7) is 0. The fraction of sp³-hybridized carbons (Fsp3) is 0.333. The highest BCUT2D eigenvalue weighted by Gasteiger charge is 2.31. The summed E-state index contributed by atoms with van der Waals surface area (Å²) in [5.74, 6) is -0.154. The molecule has 6 heteroatoms. The molecule has 2 rings (SSSR count). The van der Waals surface area contributed by atoms with E-state index < -0.39 is 5.92 Å². The highest BCUT2D eigenvalue weighted by atomic mass is 35.5. The van der Waals surface area contributed by atoms with Crippen molar-refractivity contribution in [1.82, 2.24) is 0 Å². The smallest absolute Gasteiger partial charge is 0.242 e. The van der Waals surface area contributed by atoms with Gasteiger partial charge in [0.15, 0.2) is 5.75 Å². The Bertz CT molecular complexity index is 551. The zero-order chi connectivity index (χ0) is 13.3. The van der Waals surface area contributed by atoms with Gasteiger partial charge >= 0.3 is 0 Å². The van der Waals surface area contributed by atoms with Crippen LogP contribution in [0, 0.1) is 17.2 Å². The number of benzene rings is 1. The van der Waals surface area contributed by atoms with E-state index in [0.717, 1.165) is 5.56 Å². The summed E-state index contributed by atoms with van der Waals surface area (Å²) in [6, 6.07) is 3.57. The van der Waals surface area contributed by atoms with Crippen LogP contribution in [-0.4, -0.2) is 20.1 Å². The summed E-state index contributed by atoms with van der Waals surface area (Å²) >= 11 is 6.04. The van der Waals surface area contributed by atoms with E-state index in [4.69, 9.17) is 26.3 Å². The molecule has 0 radical (unpaired) electrons. The Hall–Kier alpha value is -1.93. The number of nitrogens with zero attached hydrogens (tertiary/aromatic N) is 1. The van der Waals surface area contributed by atoms with Gasteiger partial charge in [-0.1, -0.05) is 11.6 Å². The van der Waals surface area contributed by atoms with E-state index in [1.807, 2.05) is 6.07 Å². The molecule has 1 aliphatic heterocycles. The minimum atomic E-state index is -0.725. The molecular formula is C12H11ClN2O3. The predicted octanol–water partition coefficient (Wildman–Crippen LogP) is 1.99. The number of nitrogens with one attached hydrogen (secondary N) is 1. The highest BCUT2D eigenvalue weighted by Crippen LogP contribution is 2.44. The summed E-state index contributed by atoms with van der Waals surface area (Å²) in [7, 11) is 2.98. The van der Waals surface area contributed by atoms with Gasteiger partial charge in [0.05, 0.1) is 31.0 Å². The molecule has 1 N–H and O–H groups in total. The molecular weight excluding hydrogens is 256 g/mol. The summed E-state index contributed by atoms with van der Waals surface area (Å²) in [6.07, 6.45) is 0.286. The number of rotatable bonds is 2. The summed E-state index contributed by atoms with van der Waals surface area (Å²) in [4.78, 5) is 11.7. The van der Waals surface area contributed by atoms with Crippen molar-refractivity contribution in [3.8, 4) is 17.6 Å². The van der Waals surface area contributed by atoms with Crippen molar-refractivity contribution in [2.45, 2.75) is 6.42 Å². The van der Waals surface area contributed by atoms with E-state index in [1.165, 1.54) is 14.2 Å². The molecule has 0 spiro atoms. The van der Waals surface area contributed by atoms with Gasteiger partial charge in [-0.15, -0.1) is 0 Å². The number of hydrogen-bond donors (Lipinski definition) is 1.